The normalized spacial score (nSPS) is 28.2. The first-order chi connectivity index (χ1) is 11.5. The summed E-state index contributed by atoms with van der Waals surface area (Å²) in [7, 11) is 0. The fraction of sp³-hybridized carbons (Fsp3) is 0.632. The number of fused-ring (bicyclic) bond motifs is 1. The number of hydrogen-bond donors (Lipinski definition) is 0. The van der Waals surface area contributed by atoms with Crippen molar-refractivity contribution in [3.8, 4) is 0 Å². The predicted molar refractivity (Wildman–Crippen MR) is 93.1 cm³/mol. The van der Waals surface area contributed by atoms with Gasteiger partial charge in [-0.1, -0.05) is 18.2 Å². The van der Waals surface area contributed by atoms with Crippen molar-refractivity contribution in [3.63, 3.8) is 0 Å². The molecule has 0 radical (unpaired) electrons. The standard InChI is InChI=1S/C19H27N3O2/c1-19(2)14-21(18(23)15-6-4-3-5-7-15)11-16-10-20(8-9-22(16)19)17-12-24-13-17/h3-7,16-17H,8-14H2,1-2H3/t16-/m0/s1. The molecule has 0 unspecified atom stereocenters. The quantitative estimate of drug-likeness (QED) is 0.820. The predicted octanol–water partition coefficient (Wildman–Crippen LogP) is 1.31. The van der Waals surface area contributed by atoms with Crippen molar-refractivity contribution < 1.29 is 9.53 Å². The average molecular weight is 329 g/mol. The second-order valence-electron chi connectivity index (χ2n) is 7.90. The maximum absolute atomic E-state index is 12.9. The summed E-state index contributed by atoms with van der Waals surface area (Å²) in [5, 5.41) is 0. The Morgan fingerprint density at radius 1 is 1.08 bits per heavy atom. The van der Waals surface area contributed by atoms with Gasteiger partial charge in [-0.3, -0.25) is 14.6 Å². The van der Waals surface area contributed by atoms with Gasteiger partial charge in [0.2, 0.25) is 0 Å². The van der Waals surface area contributed by atoms with E-state index >= 15 is 0 Å². The minimum atomic E-state index is 0.0234. The maximum atomic E-state index is 12.9. The van der Waals surface area contributed by atoms with Crippen LogP contribution in [0.4, 0.5) is 0 Å². The molecule has 3 heterocycles. The Balaban J connectivity index is 1.51. The summed E-state index contributed by atoms with van der Waals surface area (Å²) in [6.07, 6.45) is 0. The minimum Gasteiger partial charge on any atom is -0.378 e. The van der Waals surface area contributed by atoms with E-state index in [-0.39, 0.29) is 11.4 Å². The third-order valence-corrected chi connectivity index (χ3v) is 5.75. The fourth-order valence-electron chi connectivity index (χ4n) is 4.39. The Labute approximate surface area is 144 Å². The van der Waals surface area contributed by atoms with E-state index in [0.717, 1.165) is 51.5 Å². The van der Waals surface area contributed by atoms with Gasteiger partial charge in [0.25, 0.3) is 5.91 Å². The Morgan fingerprint density at radius 3 is 2.50 bits per heavy atom. The number of amides is 1. The van der Waals surface area contributed by atoms with E-state index in [1.807, 2.05) is 30.3 Å². The van der Waals surface area contributed by atoms with Gasteiger partial charge in [-0.25, -0.2) is 0 Å². The Kier molecular flexibility index (Phi) is 4.11. The van der Waals surface area contributed by atoms with E-state index in [1.54, 1.807) is 0 Å². The molecule has 0 bridgehead atoms. The van der Waals surface area contributed by atoms with E-state index in [0.29, 0.717) is 12.1 Å². The second-order valence-corrected chi connectivity index (χ2v) is 7.90. The highest BCUT2D eigenvalue weighted by molar-refractivity contribution is 5.94. The van der Waals surface area contributed by atoms with Gasteiger partial charge in [0, 0.05) is 49.9 Å². The first-order valence-corrected chi connectivity index (χ1v) is 8.97. The zero-order valence-electron chi connectivity index (χ0n) is 14.6. The summed E-state index contributed by atoms with van der Waals surface area (Å²) in [6.45, 7) is 11.1. The summed E-state index contributed by atoms with van der Waals surface area (Å²) in [5.41, 5.74) is 0.817. The van der Waals surface area contributed by atoms with Crippen LogP contribution in [-0.2, 0) is 4.74 Å². The van der Waals surface area contributed by atoms with Crippen LogP contribution < -0.4 is 0 Å². The van der Waals surface area contributed by atoms with Crippen LogP contribution in [-0.4, -0.2) is 84.2 Å². The number of carbonyl (C=O) groups excluding carboxylic acids is 1. The van der Waals surface area contributed by atoms with Crippen molar-refractivity contribution in [2.75, 3.05) is 45.9 Å². The number of carbonyl (C=O) groups is 1. The van der Waals surface area contributed by atoms with Crippen LogP contribution >= 0.6 is 0 Å². The zero-order chi connectivity index (χ0) is 16.7. The number of benzene rings is 1. The van der Waals surface area contributed by atoms with Crippen molar-refractivity contribution in [2.24, 2.45) is 0 Å². The fourth-order valence-corrected chi connectivity index (χ4v) is 4.39. The molecule has 0 N–H and O–H groups in total. The largest absolute Gasteiger partial charge is 0.378 e. The van der Waals surface area contributed by atoms with E-state index in [4.69, 9.17) is 4.74 Å². The molecule has 0 aliphatic carbocycles. The number of piperazine rings is 2. The Hall–Kier alpha value is -1.43. The van der Waals surface area contributed by atoms with E-state index in [9.17, 15) is 4.79 Å². The van der Waals surface area contributed by atoms with Gasteiger partial charge in [-0.05, 0) is 26.0 Å². The molecule has 1 atom stereocenters. The summed E-state index contributed by atoms with van der Waals surface area (Å²) in [4.78, 5) is 20.1. The van der Waals surface area contributed by atoms with Gasteiger partial charge in [0.05, 0.1) is 19.3 Å². The molecule has 5 nitrogen and oxygen atoms in total. The van der Waals surface area contributed by atoms with Crippen molar-refractivity contribution >= 4 is 5.91 Å². The van der Waals surface area contributed by atoms with E-state index < -0.39 is 0 Å². The molecule has 1 amide bonds. The van der Waals surface area contributed by atoms with E-state index in [2.05, 4.69) is 28.5 Å². The average Bonchev–Trinajstić information content (AvgIpc) is 2.52. The molecule has 5 heteroatoms. The van der Waals surface area contributed by atoms with Gasteiger partial charge in [-0.15, -0.1) is 0 Å². The zero-order valence-corrected chi connectivity index (χ0v) is 14.6. The number of hydrogen-bond acceptors (Lipinski definition) is 4. The molecule has 3 fully saturated rings. The van der Waals surface area contributed by atoms with Crippen LogP contribution in [0.5, 0.6) is 0 Å². The minimum absolute atomic E-state index is 0.0234. The molecule has 3 aliphatic rings. The molecule has 0 aromatic heterocycles. The molecule has 1 aromatic rings. The van der Waals surface area contributed by atoms with Crippen LogP contribution in [0.3, 0.4) is 0 Å². The van der Waals surface area contributed by atoms with Gasteiger partial charge in [0.1, 0.15) is 0 Å². The molecule has 130 valence electrons. The van der Waals surface area contributed by atoms with Crippen LogP contribution in [0.1, 0.15) is 24.2 Å². The number of ether oxygens (including phenoxy) is 1. The highest BCUT2D eigenvalue weighted by Crippen LogP contribution is 2.30. The molecule has 1 aromatic carbocycles. The van der Waals surface area contributed by atoms with Gasteiger partial charge < -0.3 is 9.64 Å². The lowest BCUT2D eigenvalue weighted by Gasteiger charge is -2.57. The van der Waals surface area contributed by atoms with Gasteiger partial charge >= 0.3 is 0 Å². The molecular formula is C19H27N3O2. The van der Waals surface area contributed by atoms with Gasteiger partial charge in [0.15, 0.2) is 0 Å². The highest BCUT2D eigenvalue weighted by atomic mass is 16.5. The van der Waals surface area contributed by atoms with Crippen molar-refractivity contribution in [3.05, 3.63) is 35.9 Å². The van der Waals surface area contributed by atoms with Crippen molar-refractivity contribution in [2.45, 2.75) is 31.5 Å². The molecule has 24 heavy (non-hydrogen) atoms. The molecular weight excluding hydrogens is 302 g/mol. The van der Waals surface area contributed by atoms with Crippen molar-refractivity contribution in [1.29, 1.82) is 0 Å². The lowest BCUT2D eigenvalue weighted by Crippen LogP contribution is -2.71. The lowest BCUT2D eigenvalue weighted by molar-refractivity contribution is -0.113. The molecule has 0 saturated carbocycles. The summed E-state index contributed by atoms with van der Waals surface area (Å²) in [5.74, 6) is 0.160. The molecule has 3 aliphatic heterocycles. The summed E-state index contributed by atoms with van der Waals surface area (Å²) < 4.78 is 5.36. The molecule has 3 saturated heterocycles. The lowest BCUT2D eigenvalue weighted by atomic mass is 9.91. The Morgan fingerprint density at radius 2 is 1.83 bits per heavy atom. The first kappa shape index (κ1) is 16.1. The monoisotopic (exact) mass is 329 g/mol. The highest BCUT2D eigenvalue weighted by Gasteiger charge is 2.45. The summed E-state index contributed by atoms with van der Waals surface area (Å²) >= 11 is 0. The third kappa shape index (κ3) is 2.85. The molecule has 4 rings (SSSR count). The van der Waals surface area contributed by atoms with E-state index in [1.165, 1.54) is 0 Å². The number of rotatable bonds is 2. The van der Waals surface area contributed by atoms with Crippen LogP contribution in [0, 0.1) is 0 Å². The topological polar surface area (TPSA) is 36.0 Å². The SMILES string of the molecule is CC1(C)CN(C(=O)c2ccccc2)C[C@@H]2CN(C3COC3)CCN21. The Bertz CT molecular complexity index is 600. The smallest absolute Gasteiger partial charge is 0.253 e. The second kappa shape index (κ2) is 6.14. The van der Waals surface area contributed by atoms with Crippen LogP contribution in [0.2, 0.25) is 0 Å². The van der Waals surface area contributed by atoms with Crippen LogP contribution in [0.25, 0.3) is 0 Å². The van der Waals surface area contributed by atoms with Crippen molar-refractivity contribution in [1.82, 2.24) is 14.7 Å². The summed E-state index contributed by atoms with van der Waals surface area (Å²) in [6, 6.07) is 10.7. The third-order valence-electron chi connectivity index (χ3n) is 5.75. The van der Waals surface area contributed by atoms with Crippen LogP contribution in [0.15, 0.2) is 30.3 Å². The van der Waals surface area contributed by atoms with Gasteiger partial charge in [-0.2, -0.15) is 0 Å². The number of nitrogens with zero attached hydrogens (tertiary/aromatic N) is 3. The molecule has 0 spiro atoms. The first-order valence-electron chi connectivity index (χ1n) is 8.97. The maximum Gasteiger partial charge on any atom is 0.253 e.